The molecule has 0 radical (unpaired) electrons. The largest absolute Gasteiger partial charge is 0.459 e. The molecule has 3 rings (SSSR count). The highest BCUT2D eigenvalue weighted by Gasteiger charge is 2.21. The molecule has 1 aliphatic carbocycles. The summed E-state index contributed by atoms with van der Waals surface area (Å²) in [4.78, 5) is 12.1. The van der Waals surface area contributed by atoms with Crippen LogP contribution in [-0.4, -0.2) is 11.2 Å². The van der Waals surface area contributed by atoms with Gasteiger partial charge in [-0.1, -0.05) is 37.5 Å². The Kier molecular flexibility index (Phi) is 4.51. The molecule has 1 aromatic heterocycles. The van der Waals surface area contributed by atoms with Gasteiger partial charge in [0.2, 0.25) is 0 Å². The minimum Gasteiger partial charge on any atom is -0.459 e. The van der Waals surface area contributed by atoms with Crippen LogP contribution in [0.3, 0.4) is 0 Å². The van der Waals surface area contributed by atoms with Crippen molar-refractivity contribution in [3.05, 3.63) is 35.6 Å². The quantitative estimate of drug-likeness (QED) is 0.514. The molecule has 112 valence electrons. The van der Waals surface area contributed by atoms with Gasteiger partial charge in [-0.3, -0.25) is 10.2 Å². The highest BCUT2D eigenvalue weighted by Crippen LogP contribution is 2.34. The lowest BCUT2D eigenvalue weighted by molar-refractivity contribution is 0.0953. The summed E-state index contributed by atoms with van der Waals surface area (Å²) in [6, 6.07) is 7.60. The summed E-state index contributed by atoms with van der Waals surface area (Å²) >= 11 is 1.89. The summed E-state index contributed by atoms with van der Waals surface area (Å²) in [7, 11) is 0. The number of thioether (sulfide) groups is 1. The monoisotopic (exact) mass is 304 g/mol. The molecule has 0 aliphatic heterocycles. The van der Waals surface area contributed by atoms with Gasteiger partial charge in [0.15, 0.2) is 0 Å². The van der Waals surface area contributed by atoms with Crippen molar-refractivity contribution < 1.29 is 9.21 Å². The molecule has 1 amide bonds. The van der Waals surface area contributed by atoms with Gasteiger partial charge in [0, 0.05) is 10.6 Å². The third-order valence-corrected chi connectivity index (χ3v) is 5.40. The first kappa shape index (κ1) is 14.5. The van der Waals surface area contributed by atoms with E-state index in [9.17, 15) is 4.79 Å². The van der Waals surface area contributed by atoms with Crippen LogP contribution in [0.2, 0.25) is 0 Å². The van der Waals surface area contributed by atoms with Gasteiger partial charge in [0.1, 0.15) is 11.3 Å². The Morgan fingerprint density at radius 1 is 1.29 bits per heavy atom. The second kappa shape index (κ2) is 6.54. The smallest absolute Gasteiger partial charge is 0.269 e. The van der Waals surface area contributed by atoms with Crippen LogP contribution in [-0.2, 0) is 5.75 Å². The summed E-state index contributed by atoms with van der Waals surface area (Å²) in [5, 5.41) is 1.51. The maximum absolute atomic E-state index is 12.1. The zero-order valence-corrected chi connectivity index (χ0v) is 12.7. The maximum atomic E-state index is 12.1. The van der Waals surface area contributed by atoms with Gasteiger partial charge in [-0.25, -0.2) is 5.84 Å². The van der Waals surface area contributed by atoms with Gasteiger partial charge in [0.05, 0.1) is 11.3 Å². The Morgan fingerprint density at radius 2 is 2.05 bits per heavy atom. The number of nitrogen functional groups attached to an aromatic ring is 1. The maximum Gasteiger partial charge on any atom is 0.269 e. The minimum atomic E-state index is -0.279. The van der Waals surface area contributed by atoms with E-state index in [-0.39, 0.29) is 5.91 Å². The number of para-hydroxylation sites is 1. The fourth-order valence-corrected chi connectivity index (χ4v) is 4.20. The van der Waals surface area contributed by atoms with Gasteiger partial charge in [-0.05, 0) is 18.9 Å². The number of hydrogen-bond acceptors (Lipinski definition) is 4. The summed E-state index contributed by atoms with van der Waals surface area (Å²) in [6.45, 7) is 0. The number of carbonyl (C=O) groups excluding carboxylic acids is 1. The van der Waals surface area contributed by atoms with Crippen LogP contribution >= 0.6 is 11.8 Å². The molecule has 1 heterocycles. The van der Waals surface area contributed by atoms with E-state index in [0.29, 0.717) is 10.8 Å². The lowest BCUT2D eigenvalue weighted by atomic mass is 10.0. The Hall–Kier alpha value is -1.46. The number of nitrogens with two attached hydrogens (primary N) is 1. The van der Waals surface area contributed by atoms with Crippen molar-refractivity contribution in [3.8, 4) is 0 Å². The fourth-order valence-electron chi connectivity index (χ4n) is 2.94. The fraction of sp³-hybridized carbons (Fsp3) is 0.438. The average molecular weight is 304 g/mol. The SMILES string of the molecule is NNC(=O)c1c(CSC2CCCCC2)oc2ccccc12. The van der Waals surface area contributed by atoms with E-state index in [1.54, 1.807) is 0 Å². The second-order valence-electron chi connectivity index (χ2n) is 5.44. The normalized spacial score (nSPS) is 16.2. The number of benzene rings is 1. The van der Waals surface area contributed by atoms with Gasteiger partial charge >= 0.3 is 0 Å². The van der Waals surface area contributed by atoms with E-state index in [2.05, 4.69) is 5.43 Å². The Morgan fingerprint density at radius 3 is 2.81 bits per heavy atom. The van der Waals surface area contributed by atoms with E-state index in [0.717, 1.165) is 22.5 Å². The van der Waals surface area contributed by atoms with Gasteiger partial charge < -0.3 is 4.42 Å². The van der Waals surface area contributed by atoms with Crippen molar-refractivity contribution in [2.45, 2.75) is 43.1 Å². The molecule has 0 saturated heterocycles. The Bertz CT molecular complexity index is 632. The van der Waals surface area contributed by atoms with Crippen LogP contribution < -0.4 is 11.3 Å². The lowest BCUT2D eigenvalue weighted by Crippen LogP contribution is -2.30. The predicted octanol–water partition coefficient (Wildman–Crippen LogP) is 3.60. The molecular formula is C16H20N2O2S. The standard InChI is InChI=1S/C16H20N2O2S/c17-18-16(19)15-12-8-4-5-9-13(12)20-14(15)10-21-11-6-2-1-3-7-11/h4-5,8-9,11H,1-3,6-7,10,17H2,(H,18,19). The van der Waals surface area contributed by atoms with Crippen molar-refractivity contribution in [1.82, 2.24) is 5.43 Å². The van der Waals surface area contributed by atoms with E-state index < -0.39 is 0 Å². The number of furan rings is 1. The molecule has 1 fully saturated rings. The number of fused-ring (bicyclic) bond motifs is 1. The minimum absolute atomic E-state index is 0.279. The lowest BCUT2D eigenvalue weighted by Gasteiger charge is -2.20. The van der Waals surface area contributed by atoms with Crippen molar-refractivity contribution in [2.75, 3.05) is 0 Å². The second-order valence-corrected chi connectivity index (χ2v) is 6.73. The summed E-state index contributed by atoms with van der Waals surface area (Å²) < 4.78 is 5.88. The van der Waals surface area contributed by atoms with Crippen molar-refractivity contribution in [2.24, 2.45) is 5.84 Å². The highest BCUT2D eigenvalue weighted by molar-refractivity contribution is 7.99. The molecular weight excluding hydrogens is 284 g/mol. The van der Waals surface area contributed by atoms with E-state index in [1.165, 1.54) is 32.1 Å². The Balaban J connectivity index is 1.84. The van der Waals surface area contributed by atoms with Crippen LogP contribution in [0, 0.1) is 0 Å². The molecule has 5 heteroatoms. The van der Waals surface area contributed by atoms with Crippen LogP contribution in [0.4, 0.5) is 0 Å². The molecule has 1 aliphatic rings. The third kappa shape index (κ3) is 3.09. The molecule has 0 spiro atoms. The third-order valence-electron chi connectivity index (χ3n) is 4.03. The number of carbonyl (C=O) groups is 1. The first-order valence-corrected chi connectivity index (χ1v) is 8.47. The molecule has 2 aromatic rings. The molecule has 21 heavy (non-hydrogen) atoms. The van der Waals surface area contributed by atoms with Crippen molar-refractivity contribution >= 4 is 28.6 Å². The van der Waals surface area contributed by atoms with Crippen LogP contribution in [0.1, 0.15) is 48.2 Å². The zero-order valence-electron chi connectivity index (χ0n) is 11.9. The number of nitrogens with one attached hydrogen (secondary N) is 1. The molecule has 0 unspecified atom stereocenters. The summed E-state index contributed by atoms with van der Waals surface area (Å²) in [6.07, 6.45) is 6.51. The average Bonchev–Trinajstić information content (AvgIpc) is 2.91. The summed E-state index contributed by atoms with van der Waals surface area (Å²) in [5.74, 6) is 6.49. The van der Waals surface area contributed by atoms with Crippen molar-refractivity contribution in [3.63, 3.8) is 0 Å². The number of rotatable bonds is 4. The van der Waals surface area contributed by atoms with Crippen LogP contribution in [0.15, 0.2) is 28.7 Å². The van der Waals surface area contributed by atoms with Gasteiger partial charge in [0.25, 0.3) is 5.91 Å². The van der Waals surface area contributed by atoms with Crippen molar-refractivity contribution in [1.29, 1.82) is 0 Å². The first-order chi connectivity index (χ1) is 10.3. The number of hydrazine groups is 1. The summed E-state index contributed by atoms with van der Waals surface area (Å²) in [5.41, 5.74) is 3.56. The molecule has 3 N–H and O–H groups in total. The van der Waals surface area contributed by atoms with E-state index >= 15 is 0 Å². The van der Waals surface area contributed by atoms with Crippen LogP contribution in [0.5, 0.6) is 0 Å². The van der Waals surface area contributed by atoms with E-state index in [1.807, 2.05) is 36.0 Å². The highest BCUT2D eigenvalue weighted by atomic mass is 32.2. The van der Waals surface area contributed by atoms with Crippen LogP contribution in [0.25, 0.3) is 11.0 Å². The first-order valence-electron chi connectivity index (χ1n) is 7.42. The number of hydrogen-bond donors (Lipinski definition) is 2. The number of amides is 1. The molecule has 1 aromatic carbocycles. The zero-order chi connectivity index (χ0) is 14.7. The molecule has 0 bridgehead atoms. The Labute approximate surface area is 128 Å². The molecule has 4 nitrogen and oxygen atoms in total. The topological polar surface area (TPSA) is 68.3 Å². The van der Waals surface area contributed by atoms with Gasteiger partial charge in [-0.15, -0.1) is 0 Å². The predicted molar refractivity (Wildman–Crippen MR) is 86.0 cm³/mol. The molecule has 0 atom stereocenters. The van der Waals surface area contributed by atoms with Gasteiger partial charge in [-0.2, -0.15) is 11.8 Å². The molecule has 1 saturated carbocycles. The van der Waals surface area contributed by atoms with E-state index in [4.69, 9.17) is 10.3 Å².